The predicted octanol–water partition coefficient (Wildman–Crippen LogP) is 3.25. The SMILES string of the molecule is COc1ccccc1C(=O)Oc1ccc2c3c1OC1C(OC=O)=CCC4C(C2)N(C)CCC314. The van der Waals surface area contributed by atoms with Crippen molar-refractivity contribution in [2.75, 3.05) is 20.7 Å². The van der Waals surface area contributed by atoms with Crippen LogP contribution in [0.4, 0.5) is 0 Å². The summed E-state index contributed by atoms with van der Waals surface area (Å²) in [5.41, 5.74) is 2.39. The zero-order chi connectivity index (χ0) is 22.7. The van der Waals surface area contributed by atoms with E-state index in [-0.39, 0.29) is 5.41 Å². The van der Waals surface area contributed by atoms with Crippen molar-refractivity contribution in [1.29, 1.82) is 0 Å². The third-order valence-electron chi connectivity index (χ3n) is 7.92. The zero-order valence-corrected chi connectivity index (χ0v) is 18.6. The Bertz CT molecular complexity index is 1190. The van der Waals surface area contributed by atoms with E-state index in [2.05, 4.69) is 18.0 Å². The highest BCUT2D eigenvalue weighted by molar-refractivity contribution is 5.94. The molecule has 7 nitrogen and oxygen atoms in total. The number of hydrogen-bond donors (Lipinski definition) is 0. The van der Waals surface area contributed by atoms with E-state index in [1.807, 2.05) is 12.1 Å². The minimum absolute atomic E-state index is 0.292. The number of nitrogens with zero attached hydrogens (tertiary/aromatic N) is 1. The number of para-hydroxylation sites is 1. The number of rotatable bonds is 5. The summed E-state index contributed by atoms with van der Waals surface area (Å²) >= 11 is 0. The molecule has 170 valence electrons. The summed E-state index contributed by atoms with van der Waals surface area (Å²) < 4.78 is 23.1. The van der Waals surface area contributed by atoms with Crippen LogP contribution in [0.5, 0.6) is 17.2 Å². The maximum absolute atomic E-state index is 13.0. The van der Waals surface area contributed by atoms with Gasteiger partial charge in [-0.3, -0.25) is 4.79 Å². The smallest absolute Gasteiger partial charge is 0.347 e. The lowest BCUT2D eigenvalue weighted by Gasteiger charge is -2.56. The van der Waals surface area contributed by atoms with Crippen molar-refractivity contribution in [3.8, 4) is 17.2 Å². The molecule has 6 rings (SSSR count). The van der Waals surface area contributed by atoms with Gasteiger partial charge in [0.15, 0.2) is 17.6 Å². The van der Waals surface area contributed by atoms with Crippen LogP contribution in [0.3, 0.4) is 0 Å². The predicted molar refractivity (Wildman–Crippen MR) is 119 cm³/mol. The van der Waals surface area contributed by atoms with Gasteiger partial charge in [-0.1, -0.05) is 18.2 Å². The third-order valence-corrected chi connectivity index (χ3v) is 7.92. The molecule has 2 aromatic rings. The molecule has 2 aliphatic carbocycles. The fourth-order valence-corrected chi connectivity index (χ4v) is 6.52. The molecule has 2 aromatic carbocycles. The van der Waals surface area contributed by atoms with Crippen LogP contribution < -0.4 is 14.2 Å². The number of hydrogen-bond acceptors (Lipinski definition) is 7. The second kappa shape index (κ2) is 7.35. The Balaban J connectivity index is 1.46. The van der Waals surface area contributed by atoms with Crippen LogP contribution >= 0.6 is 0 Å². The second-order valence-electron chi connectivity index (χ2n) is 9.22. The summed E-state index contributed by atoms with van der Waals surface area (Å²) in [4.78, 5) is 26.7. The van der Waals surface area contributed by atoms with Gasteiger partial charge in [0.25, 0.3) is 6.47 Å². The summed E-state index contributed by atoms with van der Waals surface area (Å²) in [7, 11) is 3.70. The first-order valence-corrected chi connectivity index (χ1v) is 11.3. The van der Waals surface area contributed by atoms with Crippen molar-refractivity contribution in [2.45, 2.75) is 36.8 Å². The molecule has 4 aliphatic rings. The van der Waals surface area contributed by atoms with Crippen molar-refractivity contribution >= 4 is 12.4 Å². The Morgan fingerprint density at radius 3 is 2.88 bits per heavy atom. The summed E-state index contributed by atoms with van der Waals surface area (Å²) in [5, 5.41) is 0. The molecule has 1 fully saturated rings. The topological polar surface area (TPSA) is 74.3 Å². The number of carbonyl (C=O) groups is 2. The van der Waals surface area contributed by atoms with E-state index in [0.29, 0.717) is 47.0 Å². The molecule has 4 unspecified atom stereocenters. The number of ether oxygens (including phenoxy) is 4. The van der Waals surface area contributed by atoms with Crippen LogP contribution in [0, 0.1) is 5.92 Å². The number of esters is 1. The largest absolute Gasteiger partial charge is 0.496 e. The Labute approximate surface area is 191 Å². The van der Waals surface area contributed by atoms with Gasteiger partial charge in [-0.05, 0) is 68.6 Å². The van der Waals surface area contributed by atoms with E-state index in [9.17, 15) is 9.59 Å². The van der Waals surface area contributed by atoms with Gasteiger partial charge in [0.1, 0.15) is 17.1 Å². The van der Waals surface area contributed by atoms with Crippen LogP contribution in [-0.2, 0) is 21.4 Å². The van der Waals surface area contributed by atoms with Crippen LogP contribution in [0.15, 0.2) is 48.2 Å². The summed E-state index contributed by atoms with van der Waals surface area (Å²) in [6.45, 7) is 1.40. The Morgan fingerprint density at radius 2 is 2.06 bits per heavy atom. The minimum Gasteiger partial charge on any atom is -0.496 e. The number of carbonyl (C=O) groups excluding carboxylic acids is 2. The quantitative estimate of drug-likeness (QED) is 0.396. The lowest BCUT2D eigenvalue weighted by molar-refractivity contribution is -0.128. The Morgan fingerprint density at radius 1 is 1.21 bits per heavy atom. The van der Waals surface area contributed by atoms with Crippen molar-refractivity contribution in [2.24, 2.45) is 5.92 Å². The number of methoxy groups -OCH3 is 1. The molecule has 0 aromatic heterocycles. The summed E-state index contributed by atoms with van der Waals surface area (Å²) in [6.07, 6.45) is 4.21. The van der Waals surface area contributed by atoms with Gasteiger partial charge >= 0.3 is 5.97 Å². The maximum atomic E-state index is 13.0. The van der Waals surface area contributed by atoms with Crippen molar-refractivity contribution in [3.05, 3.63) is 64.9 Å². The molecule has 0 saturated carbocycles. The number of likely N-dealkylation sites (tertiary alicyclic amines) is 1. The lowest BCUT2D eigenvalue weighted by Crippen LogP contribution is -2.63. The normalized spacial score (nSPS) is 28.8. The average molecular weight is 447 g/mol. The van der Waals surface area contributed by atoms with Crippen molar-refractivity contribution in [3.63, 3.8) is 0 Å². The van der Waals surface area contributed by atoms with E-state index < -0.39 is 12.1 Å². The molecular weight excluding hydrogens is 422 g/mol. The number of allylic oxidation sites excluding steroid dienone is 1. The highest BCUT2D eigenvalue weighted by Gasteiger charge is 2.64. The fourth-order valence-electron chi connectivity index (χ4n) is 6.52. The summed E-state index contributed by atoms with van der Waals surface area (Å²) in [5.74, 6) is 1.82. The molecule has 33 heavy (non-hydrogen) atoms. The highest BCUT2D eigenvalue weighted by atomic mass is 16.6. The van der Waals surface area contributed by atoms with E-state index >= 15 is 0 Å². The van der Waals surface area contributed by atoms with Crippen molar-refractivity contribution in [1.82, 2.24) is 4.90 Å². The van der Waals surface area contributed by atoms with Gasteiger partial charge in [-0.2, -0.15) is 0 Å². The Hall–Kier alpha value is -3.32. The standard InChI is InChI=1S/C26H25NO6/c1-27-12-11-26-17-8-10-21(31-14-28)24(26)33-23-20(9-7-15(22(23)26)13-18(17)27)32-25(29)16-5-3-4-6-19(16)30-2/h3-7,9-10,14,17-18,24H,8,11-13H2,1-2H3. The zero-order valence-electron chi connectivity index (χ0n) is 18.6. The molecule has 2 bridgehead atoms. The van der Waals surface area contributed by atoms with Gasteiger partial charge in [0.05, 0.1) is 7.11 Å². The van der Waals surface area contributed by atoms with Crippen LogP contribution in [0.25, 0.3) is 0 Å². The van der Waals surface area contributed by atoms with Crippen molar-refractivity contribution < 1.29 is 28.5 Å². The third kappa shape index (κ3) is 2.72. The molecular formula is C26H25NO6. The van der Waals surface area contributed by atoms with Crippen LogP contribution in [-0.4, -0.2) is 50.2 Å². The maximum Gasteiger partial charge on any atom is 0.347 e. The molecule has 4 atom stereocenters. The monoisotopic (exact) mass is 447 g/mol. The first kappa shape index (κ1) is 20.3. The number of benzene rings is 2. The first-order chi connectivity index (χ1) is 16.1. The molecule has 1 spiro atoms. The number of piperidine rings is 1. The number of likely N-dealkylation sites (N-methyl/N-ethyl adjacent to an activating group) is 1. The molecule has 2 aliphatic heterocycles. The molecule has 1 saturated heterocycles. The van der Waals surface area contributed by atoms with Gasteiger partial charge in [0.2, 0.25) is 0 Å². The average Bonchev–Trinajstić information content (AvgIpc) is 3.19. The minimum atomic E-state index is -0.506. The van der Waals surface area contributed by atoms with Gasteiger partial charge < -0.3 is 23.8 Å². The van der Waals surface area contributed by atoms with Gasteiger partial charge in [-0.15, -0.1) is 0 Å². The van der Waals surface area contributed by atoms with Crippen LogP contribution in [0.2, 0.25) is 0 Å². The molecule has 2 heterocycles. The van der Waals surface area contributed by atoms with E-state index in [1.165, 1.54) is 12.7 Å². The lowest BCUT2D eigenvalue weighted by atomic mass is 9.53. The molecule has 0 radical (unpaired) electrons. The van der Waals surface area contributed by atoms with E-state index in [0.717, 1.165) is 31.4 Å². The Kier molecular flexibility index (Phi) is 4.52. The molecule has 0 N–H and O–H groups in total. The molecule has 7 heteroatoms. The second-order valence-corrected chi connectivity index (χ2v) is 9.22. The van der Waals surface area contributed by atoms with Gasteiger partial charge in [-0.25, -0.2) is 4.79 Å². The fraction of sp³-hybridized carbons (Fsp3) is 0.385. The van der Waals surface area contributed by atoms with E-state index in [4.69, 9.17) is 18.9 Å². The van der Waals surface area contributed by atoms with E-state index in [1.54, 1.807) is 24.3 Å². The van der Waals surface area contributed by atoms with Crippen LogP contribution in [0.1, 0.15) is 34.3 Å². The summed E-state index contributed by atoms with van der Waals surface area (Å²) in [6, 6.07) is 11.2. The van der Waals surface area contributed by atoms with Gasteiger partial charge in [0, 0.05) is 17.0 Å². The first-order valence-electron chi connectivity index (χ1n) is 11.3. The highest BCUT2D eigenvalue weighted by Crippen LogP contribution is 2.63. The molecule has 0 amide bonds.